The van der Waals surface area contributed by atoms with E-state index < -0.39 is 31.9 Å². The van der Waals surface area contributed by atoms with Crippen molar-refractivity contribution < 1.29 is 10.1 Å². The van der Waals surface area contributed by atoms with Crippen LogP contribution < -0.4 is 63.7 Å². The third kappa shape index (κ3) is 7.66. The van der Waals surface area contributed by atoms with E-state index in [2.05, 4.69) is 394 Å². The van der Waals surface area contributed by atoms with Crippen molar-refractivity contribution in [2.24, 2.45) is 0 Å². The summed E-state index contributed by atoms with van der Waals surface area (Å²) in [6.07, 6.45) is 0. The van der Waals surface area contributed by atoms with Gasteiger partial charge in [0.1, 0.15) is 0 Å². The summed E-state index contributed by atoms with van der Waals surface area (Å²) in [6.45, 7) is 0. The first-order chi connectivity index (χ1) is 42.0. The molecule has 6 heteroatoms. The van der Waals surface area contributed by atoms with E-state index in [1.54, 1.807) is 0 Å². The van der Waals surface area contributed by atoms with Gasteiger partial charge in [-0.05, 0) is 0 Å². The van der Waals surface area contributed by atoms with E-state index in [1.165, 1.54) is 69.2 Å². The van der Waals surface area contributed by atoms with Gasteiger partial charge >= 0.3 is 510 Å². The molecule has 0 unspecified atom stereocenters. The van der Waals surface area contributed by atoms with E-state index in [-0.39, 0.29) is 0 Å². The Kier molecular flexibility index (Phi) is 15.6. The Morgan fingerprint density at radius 3 is 0.388 bits per heavy atom. The zero-order valence-electron chi connectivity index (χ0n) is 47.4. The van der Waals surface area contributed by atoms with Crippen LogP contribution in [0.15, 0.2) is 394 Å². The quantitative estimate of drug-likeness (QED) is 0.0593. The normalized spacial score (nSPS) is 13.8. The molecule has 13 aromatic carbocycles. The van der Waals surface area contributed by atoms with Gasteiger partial charge in [-0.1, -0.05) is 0 Å². The van der Waals surface area contributed by atoms with Crippen molar-refractivity contribution >= 4 is 95.0 Å². The first-order valence-electron chi connectivity index (χ1n) is 29.2. The molecule has 0 spiro atoms. The third-order valence-corrected chi connectivity index (χ3v) is 156. The average molecular weight is 1290 g/mol. The second kappa shape index (κ2) is 23.4. The molecule has 0 radical (unpaired) electrons. The summed E-state index contributed by atoms with van der Waals surface area (Å²) in [5.74, 6) is 0. The number of benzene rings is 13. The fourth-order valence-electron chi connectivity index (χ4n) is 15.0. The molecule has 0 aromatic heterocycles. The van der Waals surface area contributed by atoms with Crippen LogP contribution in [0.5, 0.6) is 0 Å². The molecule has 0 nitrogen and oxygen atoms in total. The zero-order valence-corrected chi connectivity index (χ0v) is 53.7. The van der Waals surface area contributed by atoms with Crippen molar-refractivity contribution in [3.8, 4) is 0 Å². The van der Waals surface area contributed by atoms with Gasteiger partial charge in [-0.25, -0.2) is 0 Å². The van der Waals surface area contributed by atoms with E-state index in [0.717, 1.165) is 0 Å². The fraction of sp³-hybridized carbons (Fsp3) is 0.0127. The Balaban J connectivity index is 1.67. The summed E-state index contributed by atoms with van der Waals surface area (Å²) in [7, 11) is 5.57. The average Bonchev–Trinajstić information content (AvgIpc) is 0.571. The molecule has 0 saturated heterocycles. The van der Waals surface area contributed by atoms with Crippen LogP contribution in [0.3, 0.4) is 0 Å². The van der Waals surface area contributed by atoms with Gasteiger partial charge in [-0.3, -0.25) is 0 Å². The molecule has 13 rings (SSSR count). The summed E-state index contributed by atoms with van der Waals surface area (Å²) in [5, 5.41) is 15.6. The zero-order chi connectivity index (χ0) is 57.6. The topological polar surface area (TPSA) is 0 Å². The number of hydrogen-bond acceptors (Lipinski definition) is 0. The molecule has 0 N–H and O–H groups in total. The fourth-order valence-corrected chi connectivity index (χ4v) is 223. The summed E-state index contributed by atoms with van der Waals surface area (Å²) in [4.78, 5) is 0.539. The summed E-state index contributed by atoms with van der Waals surface area (Å²) in [5.41, 5.74) is -17.2. The van der Waals surface area contributed by atoms with Gasteiger partial charge < -0.3 is 0 Å². The first-order valence-corrected chi connectivity index (χ1v) is 48.9. The van der Waals surface area contributed by atoms with Gasteiger partial charge in [0, 0.05) is 0 Å². The Labute approximate surface area is 505 Å². The molecule has 0 fully saturated rings. The van der Waals surface area contributed by atoms with Crippen molar-refractivity contribution in [1.29, 1.82) is 0 Å². The summed E-state index contributed by atoms with van der Waals surface area (Å²) in [6, 6.07) is 156. The van der Waals surface area contributed by atoms with E-state index in [0.29, 0.717) is 4.89 Å². The number of halogens is 1. The molecule has 424 valence electrons. The van der Waals surface area contributed by atoms with Crippen molar-refractivity contribution in [1.82, 2.24) is 0 Å². The Morgan fingerprint density at radius 2 is 0.271 bits per heavy atom. The van der Waals surface area contributed by atoms with Crippen molar-refractivity contribution in [3.05, 3.63) is 400 Å². The molecule has 0 aliphatic carbocycles. The van der Waals surface area contributed by atoms with Crippen LogP contribution in [0.2, 0.25) is 0 Å². The minimum atomic E-state index is -7.54. The number of rotatable bonds is 18. The molecule has 85 heavy (non-hydrogen) atoms. The molecule has 0 saturated carbocycles. The third-order valence-electron chi connectivity index (χ3n) is 17.5. The SMILES string of the molecule is [Cl][Pd]([CH2]c1ccccc1)([PH](c1ccccc1)(c1ccccc1)c1ccccc1)([PH](c1ccccc1)(c1ccccc1)c1ccccc1)([PH](c1ccccc1)(c1ccccc1)c1ccccc1)[PH](c1ccccc1)(c1ccccc1)c1ccccc1. The molecule has 0 aliphatic rings. The van der Waals surface area contributed by atoms with Crippen LogP contribution in [0.25, 0.3) is 0 Å². The van der Waals surface area contributed by atoms with E-state index in [4.69, 9.17) is 0 Å². The van der Waals surface area contributed by atoms with Crippen molar-refractivity contribution in [3.63, 3.8) is 0 Å². The van der Waals surface area contributed by atoms with Gasteiger partial charge in [0.2, 0.25) is 0 Å². The first kappa shape index (κ1) is 56.7. The maximum absolute atomic E-state index is 13.1. The predicted molar refractivity (Wildman–Crippen MR) is 382 cm³/mol. The molecule has 13 aromatic rings. The number of hydrogen-bond donors (Lipinski definition) is 0. The van der Waals surface area contributed by atoms with Gasteiger partial charge in [0.05, 0.1) is 0 Å². The van der Waals surface area contributed by atoms with Crippen LogP contribution >= 0.6 is 31.3 Å². The Hall–Kier alpha value is -7.47. The summed E-state index contributed by atoms with van der Waals surface area (Å²) < 4.78 is 0. The molecule has 0 atom stereocenters. The van der Waals surface area contributed by atoms with Gasteiger partial charge in [-0.15, -0.1) is 0 Å². The van der Waals surface area contributed by atoms with Gasteiger partial charge in [-0.2, -0.15) is 0 Å². The van der Waals surface area contributed by atoms with Crippen LogP contribution in [-0.4, -0.2) is 0 Å². The van der Waals surface area contributed by atoms with E-state index in [1.807, 2.05) is 0 Å². The van der Waals surface area contributed by atoms with Crippen LogP contribution in [0, 0.1) is 0 Å². The Morgan fingerprint density at radius 1 is 0.165 bits per heavy atom. The van der Waals surface area contributed by atoms with E-state index >= 15 is 0 Å². The van der Waals surface area contributed by atoms with Crippen LogP contribution in [-0.2, 0) is 15.0 Å². The van der Waals surface area contributed by atoms with E-state index in [9.17, 15) is 9.53 Å². The monoisotopic (exact) mass is 1280 g/mol. The second-order valence-corrected chi connectivity index (χ2v) is 94.2. The van der Waals surface area contributed by atoms with Crippen LogP contribution in [0.1, 0.15) is 5.56 Å². The molecule has 0 aliphatic heterocycles. The Bertz CT molecular complexity index is 3370. The molecular formula is C79H71ClP4Pd. The van der Waals surface area contributed by atoms with Crippen LogP contribution in [0.4, 0.5) is 0 Å². The molecule has 0 amide bonds. The molecular weight excluding hydrogens is 1210 g/mol. The summed E-state index contributed by atoms with van der Waals surface area (Å²) >= 11 is 0. The molecule has 0 heterocycles. The second-order valence-electron chi connectivity index (χ2n) is 21.7. The maximum atomic E-state index is 13.1. The van der Waals surface area contributed by atoms with Gasteiger partial charge in [0.15, 0.2) is 0 Å². The van der Waals surface area contributed by atoms with Crippen molar-refractivity contribution in [2.45, 2.75) is 4.89 Å². The van der Waals surface area contributed by atoms with Gasteiger partial charge in [0.25, 0.3) is 0 Å². The minimum absolute atomic E-state index is 0.539. The predicted octanol–water partition coefficient (Wildman–Crippen LogP) is 15.1. The van der Waals surface area contributed by atoms with Crippen molar-refractivity contribution in [2.75, 3.05) is 0 Å². The molecule has 0 bridgehead atoms. The standard InChI is InChI=1S/4C18H15P.C7H7.ClH.Pd/c4*1-4-10-16(11-5-1)19(17-12-6-2-7-13-17)18-14-8-3-9-15-18;1-7-5-3-2-4-6-7;;/h4*1-15H;2-6H,1H2;1H;/q;;;;;;-3/p+3.